The van der Waals surface area contributed by atoms with E-state index in [1.54, 1.807) is 12.5 Å². The third-order valence-electron chi connectivity index (χ3n) is 3.19. The van der Waals surface area contributed by atoms with Crippen LogP contribution in [0.3, 0.4) is 0 Å². The summed E-state index contributed by atoms with van der Waals surface area (Å²) in [6.07, 6.45) is 7.79. The fourth-order valence-corrected chi connectivity index (χ4v) is 2.32. The van der Waals surface area contributed by atoms with Crippen LogP contribution in [0.5, 0.6) is 0 Å². The minimum Gasteiger partial charge on any atom is -0.466 e. The summed E-state index contributed by atoms with van der Waals surface area (Å²) in [6.45, 7) is 0. The summed E-state index contributed by atoms with van der Waals surface area (Å²) in [6, 6.07) is 0.193. The van der Waals surface area contributed by atoms with Gasteiger partial charge >= 0.3 is 0 Å². The molecule has 0 spiro atoms. The molecule has 0 aromatic carbocycles. The van der Waals surface area contributed by atoms with Crippen LogP contribution < -0.4 is 5.73 Å². The molecule has 2 atom stereocenters. The Kier molecular flexibility index (Phi) is 2.02. The van der Waals surface area contributed by atoms with Gasteiger partial charge < -0.3 is 14.6 Å². The summed E-state index contributed by atoms with van der Waals surface area (Å²) in [7, 11) is 0. The first-order chi connectivity index (χ1) is 7.34. The highest BCUT2D eigenvalue weighted by atomic mass is 16.4. The van der Waals surface area contributed by atoms with Crippen LogP contribution in [-0.4, -0.2) is 11.0 Å². The van der Waals surface area contributed by atoms with Crippen LogP contribution in [0.2, 0.25) is 0 Å². The minimum absolute atomic E-state index is 0.193. The van der Waals surface area contributed by atoms with E-state index in [9.17, 15) is 0 Å². The normalized spacial score (nSPS) is 27.3. The van der Waals surface area contributed by atoms with Crippen molar-refractivity contribution >= 4 is 11.1 Å². The van der Waals surface area contributed by atoms with Crippen LogP contribution in [0.1, 0.15) is 37.5 Å². The van der Waals surface area contributed by atoms with Gasteiger partial charge in [-0.25, -0.2) is 4.98 Å². The van der Waals surface area contributed by atoms with Crippen LogP contribution in [0.15, 0.2) is 21.4 Å². The van der Waals surface area contributed by atoms with Crippen LogP contribution in [0.4, 0.5) is 0 Å². The molecule has 1 saturated carbocycles. The number of rotatable bonds is 1. The fraction of sp³-hybridized carbons (Fsp3) is 0.545. The number of nitrogens with two attached hydrogens (primary N) is 1. The van der Waals surface area contributed by atoms with Crippen LogP contribution in [0, 0.1) is 0 Å². The van der Waals surface area contributed by atoms with Crippen molar-refractivity contribution in [2.75, 3.05) is 0 Å². The molecule has 1 aliphatic carbocycles. The lowest BCUT2D eigenvalue weighted by Gasteiger charge is -2.25. The molecule has 0 amide bonds. The molecule has 2 unspecified atom stereocenters. The van der Waals surface area contributed by atoms with Gasteiger partial charge in [-0.3, -0.25) is 0 Å². The monoisotopic (exact) mass is 206 g/mol. The van der Waals surface area contributed by atoms with Crippen molar-refractivity contribution < 1.29 is 8.83 Å². The quantitative estimate of drug-likeness (QED) is 0.778. The maximum Gasteiger partial charge on any atom is 0.200 e. The number of nitrogens with zero attached hydrogens (tertiary/aromatic N) is 1. The molecule has 0 saturated heterocycles. The van der Waals surface area contributed by atoms with Crippen molar-refractivity contribution in [3.63, 3.8) is 0 Å². The number of furan rings is 1. The lowest BCUT2D eigenvalue weighted by atomic mass is 9.85. The van der Waals surface area contributed by atoms with Gasteiger partial charge in [0.15, 0.2) is 11.5 Å². The number of fused-ring (bicyclic) bond motifs is 1. The molecule has 3 rings (SSSR count). The van der Waals surface area contributed by atoms with E-state index < -0.39 is 0 Å². The molecule has 4 heteroatoms. The lowest BCUT2D eigenvalue weighted by Crippen LogP contribution is -2.31. The van der Waals surface area contributed by atoms with Crippen LogP contribution in [0.25, 0.3) is 11.1 Å². The number of oxazole rings is 1. The molecule has 2 heterocycles. The van der Waals surface area contributed by atoms with E-state index in [0.717, 1.165) is 29.8 Å². The smallest absolute Gasteiger partial charge is 0.200 e. The Morgan fingerprint density at radius 3 is 2.93 bits per heavy atom. The minimum atomic E-state index is 0.193. The van der Waals surface area contributed by atoms with Crippen molar-refractivity contribution in [1.82, 2.24) is 4.98 Å². The van der Waals surface area contributed by atoms with E-state index in [0.29, 0.717) is 0 Å². The Balaban J connectivity index is 1.95. The molecule has 80 valence electrons. The second-order valence-electron chi connectivity index (χ2n) is 4.23. The van der Waals surface area contributed by atoms with E-state index >= 15 is 0 Å². The highest BCUT2D eigenvalue weighted by molar-refractivity contribution is 5.70. The molecule has 1 fully saturated rings. The molecule has 0 bridgehead atoms. The van der Waals surface area contributed by atoms with Gasteiger partial charge in [-0.15, -0.1) is 0 Å². The second-order valence-corrected chi connectivity index (χ2v) is 4.23. The molecule has 0 aliphatic heterocycles. The third kappa shape index (κ3) is 1.45. The predicted octanol–water partition coefficient (Wildman–Crippen LogP) is 2.41. The molecule has 1 aliphatic rings. The summed E-state index contributed by atoms with van der Waals surface area (Å²) in [4.78, 5) is 4.41. The van der Waals surface area contributed by atoms with Crippen molar-refractivity contribution in [2.45, 2.75) is 37.6 Å². The summed E-state index contributed by atoms with van der Waals surface area (Å²) in [5, 5.41) is 0. The van der Waals surface area contributed by atoms with Crippen molar-refractivity contribution in [2.24, 2.45) is 5.73 Å². The van der Waals surface area contributed by atoms with Gasteiger partial charge in [0.1, 0.15) is 18.0 Å². The van der Waals surface area contributed by atoms with E-state index in [2.05, 4.69) is 4.98 Å². The van der Waals surface area contributed by atoms with E-state index in [-0.39, 0.29) is 12.0 Å². The van der Waals surface area contributed by atoms with Gasteiger partial charge in [-0.05, 0) is 12.8 Å². The van der Waals surface area contributed by atoms with Gasteiger partial charge in [-0.1, -0.05) is 12.8 Å². The average molecular weight is 206 g/mol. The third-order valence-corrected chi connectivity index (χ3v) is 3.19. The van der Waals surface area contributed by atoms with E-state index in [4.69, 9.17) is 14.6 Å². The Hall–Kier alpha value is -1.29. The van der Waals surface area contributed by atoms with Gasteiger partial charge in [0.2, 0.25) is 0 Å². The van der Waals surface area contributed by atoms with Gasteiger partial charge in [0, 0.05) is 6.04 Å². The topological polar surface area (TPSA) is 65.2 Å². The Morgan fingerprint density at radius 2 is 2.13 bits per heavy atom. The standard InChI is InChI=1S/C11H14N2O2/c12-8-4-2-1-3-7(8)11-13-9-5-14-6-10(9)15-11/h5-8H,1-4,12H2. The Labute approximate surface area is 87.4 Å². The first-order valence-corrected chi connectivity index (χ1v) is 5.43. The Morgan fingerprint density at radius 1 is 1.27 bits per heavy atom. The maximum atomic E-state index is 6.08. The SMILES string of the molecule is NC1CCCCC1c1nc2cocc2o1. The number of aromatic nitrogens is 1. The predicted molar refractivity (Wildman–Crippen MR) is 55.5 cm³/mol. The zero-order valence-corrected chi connectivity index (χ0v) is 8.48. The summed E-state index contributed by atoms with van der Waals surface area (Å²) < 4.78 is 10.6. The molecule has 2 aromatic rings. The largest absolute Gasteiger partial charge is 0.466 e. The van der Waals surface area contributed by atoms with E-state index in [1.165, 1.54) is 12.8 Å². The number of hydrogen-bond acceptors (Lipinski definition) is 4. The van der Waals surface area contributed by atoms with Crippen molar-refractivity contribution in [1.29, 1.82) is 0 Å². The highest BCUT2D eigenvalue weighted by Gasteiger charge is 2.27. The first kappa shape index (κ1) is 8.97. The Bertz CT molecular complexity index is 431. The fourth-order valence-electron chi connectivity index (χ4n) is 2.32. The summed E-state index contributed by atoms with van der Waals surface area (Å²) in [5.41, 5.74) is 7.60. The molecule has 2 aromatic heterocycles. The molecule has 4 nitrogen and oxygen atoms in total. The van der Waals surface area contributed by atoms with Gasteiger partial charge in [0.25, 0.3) is 0 Å². The second kappa shape index (κ2) is 3.38. The molecule has 15 heavy (non-hydrogen) atoms. The molecule has 0 radical (unpaired) electrons. The van der Waals surface area contributed by atoms with Crippen molar-refractivity contribution in [3.8, 4) is 0 Å². The van der Waals surface area contributed by atoms with Gasteiger partial charge in [-0.2, -0.15) is 0 Å². The first-order valence-electron chi connectivity index (χ1n) is 5.43. The van der Waals surface area contributed by atoms with Crippen molar-refractivity contribution in [3.05, 3.63) is 18.4 Å². The summed E-state index contributed by atoms with van der Waals surface area (Å²) >= 11 is 0. The lowest BCUT2D eigenvalue weighted by molar-refractivity contribution is 0.331. The zero-order chi connectivity index (χ0) is 10.3. The maximum absolute atomic E-state index is 6.08. The van der Waals surface area contributed by atoms with E-state index in [1.807, 2.05) is 0 Å². The molecule has 2 N–H and O–H groups in total. The van der Waals surface area contributed by atoms with Gasteiger partial charge in [0.05, 0.1) is 5.92 Å². The molecular formula is C11H14N2O2. The summed E-state index contributed by atoms with van der Waals surface area (Å²) in [5.74, 6) is 1.06. The van der Waals surface area contributed by atoms with Crippen LogP contribution >= 0.6 is 0 Å². The highest BCUT2D eigenvalue weighted by Crippen LogP contribution is 2.33. The number of hydrogen-bond donors (Lipinski definition) is 1. The van der Waals surface area contributed by atoms with Crippen LogP contribution in [-0.2, 0) is 0 Å². The molecular weight excluding hydrogens is 192 g/mol. The average Bonchev–Trinajstić information content (AvgIpc) is 2.77. The zero-order valence-electron chi connectivity index (χ0n) is 8.48.